The van der Waals surface area contributed by atoms with Crippen molar-refractivity contribution in [3.8, 4) is 0 Å². The summed E-state index contributed by atoms with van der Waals surface area (Å²) in [5, 5.41) is 8.04. The van der Waals surface area contributed by atoms with Crippen LogP contribution in [0.5, 0.6) is 0 Å². The van der Waals surface area contributed by atoms with Crippen molar-refractivity contribution in [2.75, 3.05) is 16.0 Å². The van der Waals surface area contributed by atoms with Crippen LogP contribution in [0.2, 0.25) is 0 Å². The summed E-state index contributed by atoms with van der Waals surface area (Å²) < 4.78 is 0. The highest BCUT2D eigenvalue weighted by molar-refractivity contribution is 8.01. The van der Waals surface area contributed by atoms with Gasteiger partial charge in [0.15, 0.2) is 0 Å². The second kappa shape index (κ2) is 7.44. The van der Waals surface area contributed by atoms with Crippen molar-refractivity contribution in [3.63, 3.8) is 0 Å². The molecular weight excluding hydrogens is 362 g/mol. The average Bonchev–Trinajstić information content (AvgIpc) is 3.49. The van der Waals surface area contributed by atoms with Gasteiger partial charge in [-0.1, -0.05) is 12.1 Å². The summed E-state index contributed by atoms with van der Waals surface area (Å²) in [6.07, 6.45) is 2.00. The lowest BCUT2D eigenvalue weighted by molar-refractivity contribution is -0.120. The van der Waals surface area contributed by atoms with Gasteiger partial charge in [-0.15, -0.1) is 11.8 Å². The van der Waals surface area contributed by atoms with E-state index in [2.05, 4.69) is 16.0 Å². The number of benzene rings is 2. The first-order valence-corrected chi connectivity index (χ1v) is 9.74. The van der Waals surface area contributed by atoms with E-state index in [9.17, 15) is 14.4 Å². The molecule has 0 saturated heterocycles. The normalized spacial score (nSPS) is 18.2. The molecule has 7 heteroatoms. The van der Waals surface area contributed by atoms with Crippen LogP contribution in [-0.4, -0.2) is 23.0 Å². The van der Waals surface area contributed by atoms with E-state index < -0.39 is 5.25 Å². The lowest BCUT2D eigenvalue weighted by atomic mass is 10.2. The predicted molar refractivity (Wildman–Crippen MR) is 106 cm³/mol. The summed E-state index contributed by atoms with van der Waals surface area (Å²) >= 11 is 1.40. The molecule has 0 unspecified atom stereocenters. The zero-order valence-electron chi connectivity index (χ0n) is 14.5. The molecule has 4 rings (SSSR count). The van der Waals surface area contributed by atoms with Gasteiger partial charge in [0.05, 0.1) is 10.9 Å². The topological polar surface area (TPSA) is 87.3 Å². The minimum absolute atomic E-state index is 0.0485. The van der Waals surface area contributed by atoms with Gasteiger partial charge in [0, 0.05) is 28.6 Å². The largest absolute Gasteiger partial charge is 0.326 e. The van der Waals surface area contributed by atoms with E-state index in [1.54, 1.807) is 24.3 Å². The number of hydrogen-bond acceptors (Lipinski definition) is 4. The molecule has 1 heterocycles. The Bertz CT molecular complexity index is 894. The molecular formula is C20H19N3O3S. The van der Waals surface area contributed by atoms with Gasteiger partial charge in [0.1, 0.15) is 0 Å². The number of carbonyl (C=O) groups is 3. The number of rotatable bonds is 5. The third-order valence-electron chi connectivity index (χ3n) is 4.46. The van der Waals surface area contributed by atoms with Crippen LogP contribution < -0.4 is 16.0 Å². The summed E-state index contributed by atoms with van der Waals surface area (Å²) in [4.78, 5) is 37.2. The third kappa shape index (κ3) is 4.31. The number of fused-ring (bicyclic) bond motifs is 1. The van der Waals surface area contributed by atoms with Crippen LogP contribution in [0.4, 0.5) is 17.1 Å². The molecule has 1 aliphatic heterocycles. The monoisotopic (exact) mass is 381 g/mol. The van der Waals surface area contributed by atoms with Gasteiger partial charge in [0.25, 0.3) is 0 Å². The Morgan fingerprint density at radius 2 is 1.67 bits per heavy atom. The molecule has 27 heavy (non-hydrogen) atoms. The van der Waals surface area contributed by atoms with Crippen molar-refractivity contribution < 1.29 is 14.4 Å². The van der Waals surface area contributed by atoms with E-state index in [4.69, 9.17) is 0 Å². The van der Waals surface area contributed by atoms with Crippen LogP contribution in [0.1, 0.15) is 19.3 Å². The van der Waals surface area contributed by atoms with E-state index in [0.29, 0.717) is 11.4 Å². The number of hydrogen-bond donors (Lipinski definition) is 3. The molecule has 0 bridgehead atoms. The van der Waals surface area contributed by atoms with Crippen molar-refractivity contribution in [1.82, 2.24) is 0 Å². The molecule has 2 aromatic carbocycles. The molecule has 1 aliphatic carbocycles. The second-order valence-corrected chi connectivity index (χ2v) is 7.93. The first-order chi connectivity index (χ1) is 13.1. The summed E-state index contributed by atoms with van der Waals surface area (Å²) in [5.74, 6) is -0.190. The van der Waals surface area contributed by atoms with Gasteiger partial charge in [-0.2, -0.15) is 0 Å². The molecule has 1 atom stereocenters. The van der Waals surface area contributed by atoms with Crippen molar-refractivity contribution >= 4 is 46.5 Å². The summed E-state index contributed by atoms with van der Waals surface area (Å²) in [6.45, 7) is 0. The van der Waals surface area contributed by atoms with Gasteiger partial charge in [-0.3, -0.25) is 14.4 Å². The third-order valence-corrected chi connectivity index (χ3v) is 5.74. The maximum absolute atomic E-state index is 12.3. The Balaban J connectivity index is 1.32. The van der Waals surface area contributed by atoms with Crippen LogP contribution >= 0.6 is 11.8 Å². The molecule has 0 aromatic heterocycles. The quantitative estimate of drug-likeness (QED) is 0.740. The van der Waals surface area contributed by atoms with Gasteiger partial charge < -0.3 is 16.0 Å². The molecule has 2 aromatic rings. The van der Waals surface area contributed by atoms with Crippen LogP contribution in [0, 0.1) is 5.92 Å². The minimum atomic E-state index is -0.461. The zero-order valence-corrected chi connectivity index (χ0v) is 15.3. The number of para-hydroxylation sites is 1. The summed E-state index contributed by atoms with van der Waals surface area (Å²) in [5.41, 5.74) is 2.13. The molecule has 1 fully saturated rings. The van der Waals surface area contributed by atoms with Crippen molar-refractivity contribution in [1.29, 1.82) is 0 Å². The first kappa shape index (κ1) is 17.6. The lowest BCUT2D eigenvalue weighted by Gasteiger charge is -2.23. The number of thioether (sulfide) groups is 1. The van der Waals surface area contributed by atoms with Crippen LogP contribution in [0.15, 0.2) is 53.4 Å². The molecule has 0 radical (unpaired) electrons. The molecule has 1 saturated carbocycles. The van der Waals surface area contributed by atoms with E-state index >= 15 is 0 Å². The smallest absolute Gasteiger partial charge is 0.238 e. The fraction of sp³-hybridized carbons (Fsp3) is 0.250. The van der Waals surface area contributed by atoms with Crippen LogP contribution in [0.25, 0.3) is 0 Å². The van der Waals surface area contributed by atoms with E-state index in [1.807, 2.05) is 24.3 Å². The molecule has 3 amide bonds. The van der Waals surface area contributed by atoms with Gasteiger partial charge >= 0.3 is 0 Å². The Kier molecular flexibility index (Phi) is 4.85. The zero-order chi connectivity index (χ0) is 18.8. The summed E-state index contributed by atoms with van der Waals surface area (Å²) in [7, 11) is 0. The number of carbonyl (C=O) groups excluding carboxylic acids is 3. The van der Waals surface area contributed by atoms with Crippen molar-refractivity contribution in [2.24, 2.45) is 5.92 Å². The highest BCUT2D eigenvalue weighted by Gasteiger charge is 2.30. The number of nitrogens with one attached hydrogen (secondary N) is 3. The van der Waals surface area contributed by atoms with Gasteiger partial charge in [0.2, 0.25) is 17.7 Å². The van der Waals surface area contributed by atoms with Crippen LogP contribution in [0.3, 0.4) is 0 Å². The lowest BCUT2D eigenvalue weighted by Crippen LogP contribution is -2.32. The van der Waals surface area contributed by atoms with E-state index in [1.165, 1.54) is 11.8 Å². The Morgan fingerprint density at radius 3 is 2.37 bits per heavy atom. The van der Waals surface area contributed by atoms with Gasteiger partial charge in [-0.25, -0.2) is 0 Å². The fourth-order valence-corrected chi connectivity index (χ4v) is 3.94. The maximum atomic E-state index is 12.3. The Morgan fingerprint density at radius 1 is 1.00 bits per heavy atom. The SMILES string of the molecule is O=C(C[C@@H]1Sc2ccccc2NC1=O)Nc1ccc(NC(=O)C2CC2)cc1. The second-order valence-electron chi connectivity index (χ2n) is 6.69. The first-order valence-electron chi connectivity index (χ1n) is 8.86. The maximum Gasteiger partial charge on any atom is 0.238 e. The fourth-order valence-electron chi connectivity index (χ4n) is 2.83. The van der Waals surface area contributed by atoms with Crippen molar-refractivity contribution in [2.45, 2.75) is 29.4 Å². The number of anilines is 3. The minimum Gasteiger partial charge on any atom is -0.326 e. The standard InChI is InChI=1S/C20H19N3O3S/c24-18(11-17-20(26)23-15-3-1-2-4-16(15)27-17)21-13-7-9-14(10-8-13)22-19(25)12-5-6-12/h1-4,7-10,12,17H,5-6,11H2,(H,21,24)(H,22,25)(H,23,26)/t17-/m0/s1. The van der Waals surface area contributed by atoms with Crippen LogP contribution in [-0.2, 0) is 14.4 Å². The van der Waals surface area contributed by atoms with E-state index in [0.717, 1.165) is 23.4 Å². The summed E-state index contributed by atoms with van der Waals surface area (Å²) in [6, 6.07) is 14.5. The highest BCUT2D eigenvalue weighted by atomic mass is 32.2. The molecule has 0 spiro atoms. The predicted octanol–water partition coefficient (Wildman–Crippen LogP) is 3.48. The Hall–Kier alpha value is -2.80. The van der Waals surface area contributed by atoms with Crippen molar-refractivity contribution in [3.05, 3.63) is 48.5 Å². The molecule has 3 N–H and O–H groups in total. The molecule has 138 valence electrons. The number of amides is 3. The molecule has 6 nitrogen and oxygen atoms in total. The Labute approximate surface area is 161 Å². The van der Waals surface area contributed by atoms with E-state index in [-0.39, 0.29) is 30.1 Å². The highest BCUT2D eigenvalue weighted by Crippen LogP contribution is 2.36. The average molecular weight is 381 g/mol. The molecule has 2 aliphatic rings. The van der Waals surface area contributed by atoms with Gasteiger partial charge in [-0.05, 0) is 49.2 Å².